The normalized spacial score (nSPS) is 11.9. The van der Waals surface area contributed by atoms with Gasteiger partial charge < -0.3 is 9.84 Å². The first-order valence-electron chi connectivity index (χ1n) is 5.89. The topological polar surface area (TPSA) is 29.5 Å². The van der Waals surface area contributed by atoms with Crippen molar-refractivity contribution in [3.05, 3.63) is 29.6 Å². The smallest absolute Gasteiger partial charge is 0.165 e. The Morgan fingerprint density at radius 1 is 1.35 bits per heavy atom. The molecule has 0 aliphatic rings. The van der Waals surface area contributed by atoms with Crippen molar-refractivity contribution in [3.8, 4) is 5.75 Å². The van der Waals surface area contributed by atoms with Gasteiger partial charge in [0.25, 0.3) is 0 Å². The minimum atomic E-state index is -0.361. The standard InChI is InChI=1S/C14H21FO2/c1-10(2)11-5-6-12(15)13(7-11)17-9-14(3,4)8-16/h5-7,10,16H,8-9H2,1-4H3. The summed E-state index contributed by atoms with van der Waals surface area (Å²) in [7, 11) is 0. The van der Waals surface area contributed by atoms with Gasteiger partial charge in [0, 0.05) is 5.41 Å². The van der Waals surface area contributed by atoms with Gasteiger partial charge in [-0.3, -0.25) is 0 Å². The Hall–Kier alpha value is -1.09. The minimum Gasteiger partial charge on any atom is -0.490 e. The van der Waals surface area contributed by atoms with E-state index < -0.39 is 0 Å². The van der Waals surface area contributed by atoms with E-state index in [1.54, 1.807) is 12.1 Å². The second kappa shape index (κ2) is 5.50. The van der Waals surface area contributed by atoms with Crippen molar-refractivity contribution in [1.29, 1.82) is 0 Å². The molecule has 0 unspecified atom stereocenters. The summed E-state index contributed by atoms with van der Waals surface area (Å²) in [5.41, 5.74) is 0.684. The van der Waals surface area contributed by atoms with E-state index in [2.05, 4.69) is 13.8 Å². The molecule has 0 bridgehead atoms. The molecule has 1 aromatic carbocycles. The van der Waals surface area contributed by atoms with Crippen LogP contribution in [0.5, 0.6) is 5.75 Å². The number of rotatable bonds is 5. The van der Waals surface area contributed by atoms with Gasteiger partial charge in [-0.15, -0.1) is 0 Å². The zero-order valence-corrected chi connectivity index (χ0v) is 11.0. The van der Waals surface area contributed by atoms with Crippen LogP contribution < -0.4 is 4.74 Å². The predicted molar refractivity (Wildman–Crippen MR) is 66.9 cm³/mol. The largest absolute Gasteiger partial charge is 0.490 e. The number of halogens is 1. The predicted octanol–water partition coefficient (Wildman–Crippen LogP) is 3.35. The molecule has 1 aromatic rings. The van der Waals surface area contributed by atoms with Crippen molar-refractivity contribution >= 4 is 0 Å². The molecule has 0 aromatic heterocycles. The Morgan fingerprint density at radius 2 is 2.00 bits per heavy atom. The quantitative estimate of drug-likeness (QED) is 0.855. The Kier molecular flexibility index (Phi) is 4.52. The number of aliphatic hydroxyl groups excluding tert-OH is 1. The Labute approximate surface area is 102 Å². The van der Waals surface area contributed by atoms with Crippen molar-refractivity contribution < 1.29 is 14.2 Å². The summed E-state index contributed by atoms with van der Waals surface area (Å²) in [6, 6.07) is 4.92. The molecule has 96 valence electrons. The van der Waals surface area contributed by atoms with E-state index in [4.69, 9.17) is 9.84 Å². The fraction of sp³-hybridized carbons (Fsp3) is 0.571. The lowest BCUT2D eigenvalue weighted by Crippen LogP contribution is -2.25. The molecule has 0 fully saturated rings. The molecule has 0 amide bonds. The summed E-state index contributed by atoms with van der Waals surface area (Å²) in [6.07, 6.45) is 0. The third kappa shape index (κ3) is 4.00. The molecule has 0 aliphatic heterocycles. The van der Waals surface area contributed by atoms with E-state index in [1.165, 1.54) is 6.07 Å². The second-order valence-electron chi connectivity index (χ2n) is 5.46. The zero-order valence-electron chi connectivity index (χ0n) is 11.0. The van der Waals surface area contributed by atoms with Crippen molar-refractivity contribution in [3.63, 3.8) is 0 Å². The molecule has 0 radical (unpaired) electrons. The van der Waals surface area contributed by atoms with Crippen LogP contribution in [-0.2, 0) is 0 Å². The van der Waals surface area contributed by atoms with Crippen LogP contribution in [0.3, 0.4) is 0 Å². The molecule has 1 rings (SSSR count). The molecule has 1 N–H and O–H groups in total. The van der Waals surface area contributed by atoms with Crippen molar-refractivity contribution in [1.82, 2.24) is 0 Å². The number of aliphatic hydroxyl groups is 1. The molecule has 17 heavy (non-hydrogen) atoms. The Morgan fingerprint density at radius 3 is 2.53 bits per heavy atom. The molecular weight excluding hydrogens is 219 g/mol. The molecule has 0 saturated carbocycles. The van der Waals surface area contributed by atoms with Gasteiger partial charge in [0.2, 0.25) is 0 Å². The summed E-state index contributed by atoms with van der Waals surface area (Å²) in [6.45, 7) is 8.15. The van der Waals surface area contributed by atoms with Gasteiger partial charge in [0.05, 0.1) is 13.2 Å². The molecule has 0 aliphatic carbocycles. The monoisotopic (exact) mass is 240 g/mol. The van der Waals surface area contributed by atoms with Gasteiger partial charge in [0.15, 0.2) is 11.6 Å². The van der Waals surface area contributed by atoms with E-state index >= 15 is 0 Å². The van der Waals surface area contributed by atoms with Crippen LogP contribution in [-0.4, -0.2) is 18.3 Å². The SMILES string of the molecule is CC(C)c1ccc(F)c(OCC(C)(C)CO)c1. The van der Waals surface area contributed by atoms with Crippen molar-refractivity contribution in [2.24, 2.45) is 5.41 Å². The number of benzene rings is 1. The average Bonchev–Trinajstić information content (AvgIpc) is 2.27. The Balaban J connectivity index is 2.80. The lowest BCUT2D eigenvalue weighted by Gasteiger charge is -2.22. The third-order valence-electron chi connectivity index (χ3n) is 2.67. The molecular formula is C14H21FO2. The minimum absolute atomic E-state index is 0.0124. The summed E-state index contributed by atoms with van der Waals surface area (Å²) in [5.74, 6) is 0.240. The van der Waals surface area contributed by atoms with Crippen molar-refractivity contribution in [2.45, 2.75) is 33.6 Å². The lowest BCUT2D eigenvalue weighted by atomic mass is 9.96. The van der Waals surface area contributed by atoms with Crippen LogP contribution in [0.1, 0.15) is 39.2 Å². The zero-order chi connectivity index (χ0) is 13.1. The molecule has 0 spiro atoms. The highest BCUT2D eigenvalue weighted by Gasteiger charge is 2.18. The maximum Gasteiger partial charge on any atom is 0.165 e. The number of ether oxygens (including phenoxy) is 1. The van der Waals surface area contributed by atoms with Gasteiger partial charge in [-0.05, 0) is 23.6 Å². The maximum absolute atomic E-state index is 13.5. The first kappa shape index (κ1) is 14.0. The first-order valence-corrected chi connectivity index (χ1v) is 5.89. The van der Waals surface area contributed by atoms with E-state index in [0.29, 0.717) is 12.5 Å². The van der Waals surface area contributed by atoms with Crippen LogP contribution in [0.25, 0.3) is 0 Å². The maximum atomic E-state index is 13.5. The van der Waals surface area contributed by atoms with E-state index in [1.807, 2.05) is 13.8 Å². The highest BCUT2D eigenvalue weighted by Crippen LogP contribution is 2.25. The number of hydrogen-bond donors (Lipinski definition) is 1. The van der Waals surface area contributed by atoms with E-state index in [0.717, 1.165) is 5.56 Å². The highest BCUT2D eigenvalue weighted by atomic mass is 19.1. The van der Waals surface area contributed by atoms with E-state index in [-0.39, 0.29) is 23.6 Å². The van der Waals surface area contributed by atoms with Crippen LogP contribution >= 0.6 is 0 Å². The third-order valence-corrected chi connectivity index (χ3v) is 2.67. The van der Waals surface area contributed by atoms with E-state index in [9.17, 15) is 4.39 Å². The van der Waals surface area contributed by atoms with Gasteiger partial charge in [0.1, 0.15) is 0 Å². The van der Waals surface area contributed by atoms with Crippen LogP contribution in [0, 0.1) is 11.2 Å². The fourth-order valence-corrected chi connectivity index (χ4v) is 1.31. The summed E-state index contributed by atoms with van der Waals surface area (Å²) >= 11 is 0. The first-order chi connectivity index (χ1) is 7.85. The number of hydrogen-bond acceptors (Lipinski definition) is 2. The van der Waals surface area contributed by atoms with Gasteiger partial charge in [-0.2, -0.15) is 0 Å². The van der Waals surface area contributed by atoms with Gasteiger partial charge in [-0.1, -0.05) is 33.8 Å². The highest BCUT2D eigenvalue weighted by molar-refractivity contribution is 5.32. The van der Waals surface area contributed by atoms with Crippen LogP contribution in [0.15, 0.2) is 18.2 Å². The lowest BCUT2D eigenvalue weighted by molar-refractivity contribution is 0.0953. The van der Waals surface area contributed by atoms with Gasteiger partial charge in [-0.25, -0.2) is 4.39 Å². The Bertz CT molecular complexity index is 372. The van der Waals surface area contributed by atoms with Gasteiger partial charge >= 0.3 is 0 Å². The summed E-state index contributed by atoms with van der Waals surface area (Å²) in [5, 5.41) is 9.11. The molecule has 3 heteroatoms. The molecule has 0 heterocycles. The summed E-state index contributed by atoms with van der Waals surface area (Å²) in [4.78, 5) is 0. The average molecular weight is 240 g/mol. The summed E-state index contributed by atoms with van der Waals surface area (Å²) < 4.78 is 19.0. The molecule has 2 nitrogen and oxygen atoms in total. The van der Waals surface area contributed by atoms with Crippen LogP contribution in [0.4, 0.5) is 4.39 Å². The van der Waals surface area contributed by atoms with Crippen molar-refractivity contribution in [2.75, 3.05) is 13.2 Å². The molecule has 0 saturated heterocycles. The van der Waals surface area contributed by atoms with Crippen LogP contribution in [0.2, 0.25) is 0 Å². The fourth-order valence-electron chi connectivity index (χ4n) is 1.31. The second-order valence-corrected chi connectivity index (χ2v) is 5.46. The molecule has 0 atom stereocenters.